The van der Waals surface area contributed by atoms with Crippen LogP contribution >= 0.6 is 31.9 Å². The Labute approximate surface area is 126 Å². The predicted molar refractivity (Wildman–Crippen MR) is 76.8 cm³/mol. The van der Waals surface area contributed by atoms with Crippen LogP contribution in [0.1, 0.15) is 22.9 Å². The summed E-state index contributed by atoms with van der Waals surface area (Å²) in [7, 11) is 0. The van der Waals surface area contributed by atoms with Crippen molar-refractivity contribution in [3.05, 3.63) is 61.8 Å². The maximum Gasteiger partial charge on any atom is 0.134 e. The lowest BCUT2D eigenvalue weighted by molar-refractivity contribution is 0.535. The summed E-state index contributed by atoms with van der Waals surface area (Å²) in [5.74, 6) is -1.31. The minimum atomic E-state index is -0.970. The Balaban J connectivity index is 2.56. The molecule has 2 aromatic rings. The molecule has 0 radical (unpaired) electrons. The van der Waals surface area contributed by atoms with Gasteiger partial charge in [0.15, 0.2) is 0 Å². The normalized spacial score (nSPS) is 12.5. The van der Waals surface area contributed by atoms with Crippen LogP contribution in [0.15, 0.2) is 33.3 Å². The smallest absolute Gasteiger partial charge is 0.134 e. The molecule has 2 rings (SSSR count). The lowest BCUT2D eigenvalue weighted by Crippen LogP contribution is -2.18. The molecule has 100 valence electrons. The molecule has 1 atom stereocenters. The van der Waals surface area contributed by atoms with E-state index in [0.29, 0.717) is 15.7 Å². The molecule has 0 bridgehead atoms. The summed E-state index contributed by atoms with van der Waals surface area (Å²) in [5, 5.41) is 0. The van der Waals surface area contributed by atoms with E-state index in [-0.39, 0.29) is 5.56 Å². The van der Waals surface area contributed by atoms with Crippen molar-refractivity contribution in [3.63, 3.8) is 0 Å². The molecule has 0 saturated carbocycles. The number of hydrogen-bond donors (Lipinski definition) is 1. The Morgan fingerprint density at radius 3 is 2.58 bits per heavy atom. The molecule has 0 aliphatic rings. The molecule has 0 aliphatic carbocycles. The minimum Gasteiger partial charge on any atom is -0.319 e. The summed E-state index contributed by atoms with van der Waals surface area (Å²) >= 11 is 6.56. The topological polar surface area (TPSA) is 38.9 Å². The van der Waals surface area contributed by atoms with E-state index in [4.69, 9.17) is 5.73 Å². The van der Waals surface area contributed by atoms with Crippen molar-refractivity contribution in [3.8, 4) is 0 Å². The van der Waals surface area contributed by atoms with Gasteiger partial charge in [-0.15, -0.1) is 0 Å². The molecule has 6 heteroatoms. The Morgan fingerprint density at radius 2 is 1.95 bits per heavy atom. The maximum absolute atomic E-state index is 14.0. The van der Waals surface area contributed by atoms with E-state index in [1.807, 2.05) is 0 Å². The lowest BCUT2D eigenvalue weighted by Gasteiger charge is -2.16. The number of benzene rings is 1. The molecule has 2 nitrogen and oxygen atoms in total. The molecule has 0 amide bonds. The third kappa shape index (κ3) is 2.85. The molecule has 0 aliphatic heterocycles. The highest BCUT2D eigenvalue weighted by Crippen LogP contribution is 2.30. The van der Waals surface area contributed by atoms with Gasteiger partial charge in [-0.25, -0.2) is 8.78 Å². The highest BCUT2D eigenvalue weighted by molar-refractivity contribution is 9.11. The zero-order valence-electron chi connectivity index (χ0n) is 9.92. The third-order valence-electron chi connectivity index (χ3n) is 2.76. The number of hydrogen-bond acceptors (Lipinski definition) is 2. The molecular weight excluding hydrogens is 382 g/mol. The van der Waals surface area contributed by atoms with Gasteiger partial charge in [0.25, 0.3) is 0 Å². The number of aryl methyl sites for hydroxylation is 1. The molecule has 0 fully saturated rings. The van der Waals surface area contributed by atoms with Crippen LogP contribution in [0, 0.1) is 18.6 Å². The number of pyridine rings is 1. The number of nitrogens with two attached hydrogens (primary N) is 1. The number of rotatable bonds is 2. The third-order valence-corrected chi connectivity index (χ3v) is 3.83. The summed E-state index contributed by atoms with van der Waals surface area (Å²) in [5.41, 5.74) is 6.51. The number of nitrogens with zero attached hydrogens (tertiary/aromatic N) is 1. The van der Waals surface area contributed by atoms with E-state index in [9.17, 15) is 8.78 Å². The van der Waals surface area contributed by atoms with Crippen molar-refractivity contribution in [1.29, 1.82) is 0 Å². The van der Waals surface area contributed by atoms with Crippen molar-refractivity contribution in [2.24, 2.45) is 5.73 Å². The zero-order valence-corrected chi connectivity index (χ0v) is 13.1. The number of aromatic nitrogens is 1. The van der Waals surface area contributed by atoms with E-state index >= 15 is 0 Å². The monoisotopic (exact) mass is 390 g/mol. The van der Waals surface area contributed by atoms with Gasteiger partial charge in [-0.05, 0) is 56.5 Å². The van der Waals surface area contributed by atoms with Crippen molar-refractivity contribution in [2.45, 2.75) is 13.0 Å². The van der Waals surface area contributed by atoms with Gasteiger partial charge in [0.1, 0.15) is 11.6 Å². The van der Waals surface area contributed by atoms with Gasteiger partial charge >= 0.3 is 0 Å². The second-order valence-electron chi connectivity index (χ2n) is 4.09. The van der Waals surface area contributed by atoms with E-state index < -0.39 is 17.7 Å². The summed E-state index contributed by atoms with van der Waals surface area (Å²) in [6.45, 7) is 1.56. The first kappa shape index (κ1) is 14.6. The van der Waals surface area contributed by atoms with Gasteiger partial charge < -0.3 is 5.73 Å². The van der Waals surface area contributed by atoms with Crippen molar-refractivity contribution < 1.29 is 8.78 Å². The fraction of sp³-hybridized carbons (Fsp3) is 0.154. The molecule has 1 aromatic carbocycles. The Bertz CT molecular complexity index is 632. The molecule has 1 aromatic heterocycles. The summed E-state index contributed by atoms with van der Waals surface area (Å²) < 4.78 is 29.2. The maximum atomic E-state index is 14.0. The second-order valence-corrected chi connectivity index (χ2v) is 5.86. The van der Waals surface area contributed by atoms with Gasteiger partial charge in [0, 0.05) is 20.7 Å². The Morgan fingerprint density at radius 1 is 1.26 bits per heavy atom. The van der Waals surface area contributed by atoms with Crippen LogP contribution in [0.3, 0.4) is 0 Å². The van der Waals surface area contributed by atoms with E-state index in [2.05, 4.69) is 36.8 Å². The highest BCUT2D eigenvalue weighted by Gasteiger charge is 2.22. The average molecular weight is 392 g/mol. The van der Waals surface area contributed by atoms with Crippen molar-refractivity contribution >= 4 is 31.9 Å². The van der Waals surface area contributed by atoms with Gasteiger partial charge in [-0.2, -0.15) is 0 Å². The SMILES string of the molecule is Cc1ccc(F)c(C(N)c2ncc(Br)cc2Br)c1F. The summed E-state index contributed by atoms with van der Waals surface area (Å²) in [6.07, 6.45) is 1.53. The quantitative estimate of drug-likeness (QED) is 0.831. The van der Waals surface area contributed by atoms with Crippen LogP contribution in [-0.2, 0) is 0 Å². The van der Waals surface area contributed by atoms with Crippen molar-refractivity contribution in [2.75, 3.05) is 0 Å². The van der Waals surface area contributed by atoms with Gasteiger partial charge in [-0.3, -0.25) is 4.98 Å². The van der Waals surface area contributed by atoms with Crippen LogP contribution in [0.4, 0.5) is 8.78 Å². The molecule has 1 unspecified atom stereocenters. The summed E-state index contributed by atoms with van der Waals surface area (Å²) in [4.78, 5) is 4.11. The molecular formula is C13H10Br2F2N2. The molecule has 2 N–H and O–H groups in total. The molecule has 0 saturated heterocycles. The Hall–Kier alpha value is -0.850. The first-order valence-corrected chi connectivity index (χ1v) is 7.01. The van der Waals surface area contributed by atoms with Crippen LogP contribution in [0.25, 0.3) is 0 Å². The fourth-order valence-electron chi connectivity index (χ4n) is 1.75. The largest absolute Gasteiger partial charge is 0.319 e. The molecule has 1 heterocycles. The van der Waals surface area contributed by atoms with E-state index in [0.717, 1.165) is 4.47 Å². The molecule has 0 spiro atoms. The van der Waals surface area contributed by atoms with Gasteiger partial charge in [0.2, 0.25) is 0 Å². The van der Waals surface area contributed by atoms with Gasteiger partial charge in [0.05, 0.1) is 11.7 Å². The average Bonchev–Trinajstić information content (AvgIpc) is 2.34. The second kappa shape index (κ2) is 5.64. The summed E-state index contributed by atoms with van der Waals surface area (Å²) in [6, 6.07) is 3.35. The van der Waals surface area contributed by atoms with Crippen LogP contribution in [0.2, 0.25) is 0 Å². The first-order valence-electron chi connectivity index (χ1n) is 5.43. The predicted octanol–water partition coefficient (Wildman–Crippen LogP) is 4.24. The van der Waals surface area contributed by atoms with Crippen LogP contribution in [0.5, 0.6) is 0 Å². The van der Waals surface area contributed by atoms with Gasteiger partial charge in [-0.1, -0.05) is 6.07 Å². The zero-order chi connectivity index (χ0) is 14.2. The standard InChI is InChI=1S/C13H10Br2F2N2/c1-6-2-3-9(16)10(11(6)17)12(18)13-8(15)4-7(14)5-19-13/h2-5,12H,18H2,1H3. The Kier molecular flexibility index (Phi) is 4.32. The van der Waals surface area contributed by atoms with E-state index in [1.165, 1.54) is 18.3 Å². The fourth-order valence-corrected chi connectivity index (χ4v) is 2.99. The van der Waals surface area contributed by atoms with E-state index in [1.54, 1.807) is 13.0 Å². The minimum absolute atomic E-state index is 0.171. The molecule has 19 heavy (non-hydrogen) atoms. The first-order chi connectivity index (χ1) is 8.91. The highest BCUT2D eigenvalue weighted by atomic mass is 79.9. The van der Waals surface area contributed by atoms with Crippen LogP contribution < -0.4 is 5.73 Å². The van der Waals surface area contributed by atoms with Crippen LogP contribution in [-0.4, -0.2) is 4.98 Å². The lowest BCUT2D eigenvalue weighted by atomic mass is 10.0. The van der Waals surface area contributed by atoms with Crippen molar-refractivity contribution in [1.82, 2.24) is 4.98 Å². The number of halogens is 4.